The van der Waals surface area contributed by atoms with Gasteiger partial charge in [0, 0.05) is 19.1 Å². The molecule has 3 heterocycles. The third-order valence-electron chi connectivity index (χ3n) is 5.19. The van der Waals surface area contributed by atoms with Gasteiger partial charge in [0.25, 0.3) is 5.91 Å². The predicted molar refractivity (Wildman–Crippen MR) is 91.0 cm³/mol. The number of para-hydroxylation sites is 1. The number of amides is 1. The van der Waals surface area contributed by atoms with Gasteiger partial charge in [-0.15, -0.1) is 5.10 Å². The molecule has 2 saturated heterocycles. The molecule has 0 radical (unpaired) electrons. The lowest BCUT2D eigenvalue weighted by atomic mass is 9.88. The Kier molecular flexibility index (Phi) is 4.30. The summed E-state index contributed by atoms with van der Waals surface area (Å²) in [5.41, 5.74) is 1.29. The van der Waals surface area contributed by atoms with Crippen molar-refractivity contribution in [1.82, 2.24) is 25.2 Å². The van der Waals surface area contributed by atoms with Crippen LogP contribution in [0, 0.1) is 5.92 Å². The molecule has 2 aliphatic heterocycles. The van der Waals surface area contributed by atoms with Crippen LogP contribution < -0.4 is 5.32 Å². The van der Waals surface area contributed by atoms with Gasteiger partial charge in [0.15, 0.2) is 5.69 Å². The van der Waals surface area contributed by atoms with E-state index in [2.05, 4.69) is 15.5 Å². The first-order chi connectivity index (χ1) is 11.8. The second kappa shape index (κ2) is 6.73. The quantitative estimate of drug-likeness (QED) is 0.936. The highest BCUT2D eigenvalue weighted by Gasteiger charge is 2.30. The molecule has 1 unspecified atom stereocenters. The summed E-state index contributed by atoms with van der Waals surface area (Å²) in [6.45, 7) is 2.78. The van der Waals surface area contributed by atoms with Gasteiger partial charge < -0.3 is 10.2 Å². The van der Waals surface area contributed by atoms with E-state index in [0.717, 1.165) is 38.2 Å². The van der Waals surface area contributed by atoms with Crippen LogP contribution in [0.1, 0.15) is 36.2 Å². The first-order valence-electron chi connectivity index (χ1n) is 8.82. The maximum absolute atomic E-state index is 12.7. The molecule has 1 N–H and O–H groups in total. The normalized spacial score (nSPS) is 22.0. The third kappa shape index (κ3) is 3.06. The summed E-state index contributed by atoms with van der Waals surface area (Å²) in [7, 11) is 0. The number of hydrogen-bond acceptors (Lipinski definition) is 4. The predicted octanol–water partition coefficient (Wildman–Crippen LogP) is 1.87. The number of rotatable bonds is 3. The summed E-state index contributed by atoms with van der Waals surface area (Å²) in [5.74, 6) is 0.701. The topological polar surface area (TPSA) is 63.1 Å². The summed E-state index contributed by atoms with van der Waals surface area (Å²) in [6.07, 6.45) is 6.29. The summed E-state index contributed by atoms with van der Waals surface area (Å²) in [6, 6.07) is 10.3. The zero-order valence-corrected chi connectivity index (χ0v) is 13.8. The molecule has 0 saturated carbocycles. The van der Waals surface area contributed by atoms with Crippen LogP contribution in [-0.4, -0.2) is 51.5 Å². The van der Waals surface area contributed by atoms with Crippen molar-refractivity contribution in [3.05, 3.63) is 42.2 Å². The van der Waals surface area contributed by atoms with E-state index in [1.54, 1.807) is 6.20 Å². The van der Waals surface area contributed by atoms with Gasteiger partial charge in [0.2, 0.25) is 0 Å². The van der Waals surface area contributed by atoms with Crippen LogP contribution in [0.3, 0.4) is 0 Å². The van der Waals surface area contributed by atoms with Gasteiger partial charge in [-0.05, 0) is 50.3 Å². The van der Waals surface area contributed by atoms with E-state index in [9.17, 15) is 4.79 Å². The molecule has 4 rings (SSSR count). The van der Waals surface area contributed by atoms with E-state index in [1.807, 2.05) is 35.2 Å². The van der Waals surface area contributed by atoms with Crippen molar-refractivity contribution in [2.24, 2.45) is 5.92 Å². The maximum atomic E-state index is 12.7. The molecule has 2 fully saturated rings. The molecule has 0 spiro atoms. The van der Waals surface area contributed by atoms with Gasteiger partial charge in [-0.1, -0.05) is 18.2 Å². The average molecular weight is 325 g/mol. The van der Waals surface area contributed by atoms with Crippen LogP contribution in [0.15, 0.2) is 36.5 Å². The van der Waals surface area contributed by atoms with Crippen LogP contribution in [0.5, 0.6) is 0 Å². The Hall–Kier alpha value is -2.21. The van der Waals surface area contributed by atoms with E-state index < -0.39 is 0 Å². The number of carbonyl (C=O) groups excluding carboxylic acids is 1. The van der Waals surface area contributed by atoms with Crippen LogP contribution in [0.4, 0.5) is 0 Å². The van der Waals surface area contributed by atoms with Crippen molar-refractivity contribution in [3.8, 4) is 5.69 Å². The average Bonchev–Trinajstić information content (AvgIpc) is 3.34. The first-order valence-corrected chi connectivity index (χ1v) is 8.82. The minimum absolute atomic E-state index is 0.00462. The van der Waals surface area contributed by atoms with Crippen molar-refractivity contribution in [1.29, 1.82) is 0 Å². The first kappa shape index (κ1) is 15.3. The van der Waals surface area contributed by atoms with Gasteiger partial charge in [0.1, 0.15) is 0 Å². The number of likely N-dealkylation sites (tertiary alicyclic amines) is 1. The lowest BCUT2D eigenvalue weighted by molar-refractivity contribution is 0.0668. The highest BCUT2D eigenvalue weighted by Crippen LogP contribution is 2.26. The van der Waals surface area contributed by atoms with Crippen molar-refractivity contribution in [3.63, 3.8) is 0 Å². The minimum atomic E-state index is -0.00462. The van der Waals surface area contributed by atoms with E-state index in [-0.39, 0.29) is 5.91 Å². The second-order valence-corrected chi connectivity index (χ2v) is 6.69. The fraction of sp³-hybridized carbons (Fsp3) is 0.500. The monoisotopic (exact) mass is 325 g/mol. The van der Waals surface area contributed by atoms with Crippen molar-refractivity contribution in [2.45, 2.75) is 31.7 Å². The number of hydrogen-bond donors (Lipinski definition) is 1. The van der Waals surface area contributed by atoms with E-state index in [1.165, 1.54) is 17.6 Å². The third-order valence-corrected chi connectivity index (χ3v) is 5.19. The number of nitrogens with zero attached hydrogens (tertiary/aromatic N) is 4. The molecule has 1 amide bonds. The van der Waals surface area contributed by atoms with E-state index in [0.29, 0.717) is 17.7 Å². The van der Waals surface area contributed by atoms with Crippen LogP contribution in [0.25, 0.3) is 5.69 Å². The van der Waals surface area contributed by atoms with Gasteiger partial charge >= 0.3 is 0 Å². The zero-order chi connectivity index (χ0) is 16.4. The Labute approximate surface area is 141 Å². The summed E-state index contributed by atoms with van der Waals surface area (Å²) < 4.78 is 0. The maximum Gasteiger partial charge on any atom is 0.276 e. The Bertz CT molecular complexity index is 684. The Morgan fingerprint density at radius 3 is 2.62 bits per heavy atom. The molecule has 24 heavy (non-hydrogen) atoms. The molecule has 1 aromatic heterocycles. The second-order valence-electron chi connectivity index (χ2n) is 6.69. The van der Waals surface area contributed by atoms with Gasteiger partial charge in [-0.3, -0.25) is 4.79 Å². The largest absolute Gasteiger partial charge is 0.337 e. The van der Waals surface area contributed by atoms with Crippen LogP contribution >= 0.6 is 0 Å². The minimum Gasteiger partial charge on any atom is -0.337 e. The fourth-order valence-electron chi connectivity index (χ4n) is 3.83. The molecular weight excluding hydrogens is 302 g/mol. The van der Waals surface area contributed by atoms with E-state index in [4.69, 9.17) is 0 Å². The summed E-state index contributed by atoms with van der Waals surface area (Å²) >= 11 is 0. The van der Waals surface area contributed by atoms with Crippen LogP contribution in [-0.2, 0) is 0 Å². The number of piperidine rings is 1. The number of carbonyl (C=O) groups is 1. The molecule has 0 aliphatic carbocycles. The van der Waals surface area contributed by atoms with Crippen molar-refractivity contribution < 1.29 is 4.79 Å². The lowest BCUT2D eigenvalue weighted by Crippen LogP contribution is -2.43. The molecule has 1 atom stereocenters. The number of nitrogens with one attached hydrogen (secondary N) is 1. The molecule has 2 aromatic rings. The summed E-state index contributed by atoms with van der Waals surface area (Å²) in [5, 5.41) is 12.2. The molecule has 0 bridgehead atoms. The summed E-state index contributed by atoms with van der Waals surface area (Å²) in [4.78, 5) is 16.1. The molecule has 6 heteroatoms. The zero-order valence-electron chi connectivity index (χ0n) is 13.8. The fourth-order valence-corrected chi connectivity index (χ4v) is 3.83. The smallest absolute Gasteiger partial charge is 0.276 e. The van der Waals surface area contributed by atoms with Gasteiger partial charge in [-0.25, -0.2) is 0 Å². The number of benzene rings is 1. The van der Waals surface area contributed by atoms with Crippen LogP contribution in [0.2, 0.25) is 0 Å². The van der Waals surface area contributed by atoms with Crippen molar-refractivity contribution in [2.75, 3.05) is 19.6 Å². The lowest BCUT2D eigenvalue weighted by Gasteiger charge is -2.34. The Morgan fingerprint density at radius 1 is 1.12 bits per heavy atom. The molecule has 1 aromatic carbocycles. The number of aromatic nitrogens is 3. The SMILES string of the molecule is O=C(c1cnn(-c2ccccc2)n1)N1CCC(C2CCCN2)CC1. The highest BCUT2D eigenvalue weighted by atomic mass is 16.2. The standard InChI is InChI=1S/C18H23N5O/c24-18(17-13-20-23(21-17)15-5-2-1-3-6-15)22-11-8-14(9-12-22)16-7-4-10-19-16/h1-3,5-6,13-14,16,19H,4,7-12H2. The molecule has 126 valence electrons. The molecule has 2 aliphatic rings. The van der Waals surface area contributed by atoms with Gasteiger partial charge in [0.05, 0.1) is 11.9 Å². The Morgan fingerprint density at radius 2 is 1.92 bits per heavy atom. The van der Waals surface area contributed by atoms with Crippen molar-refractivity contribution >= 4 is 5.91 Å². The van der Waals surface area contributed by atoms with E-state index >= 15 is 0 Å². The highest BCUT2D eigenvalue weighted by molar-refractivity contribution is 5.92. The molecular formula is C18H23N5O. The molecule has 6 nitrogen and oxygen atoms in total. The Balaban J connectivity index is 1.39. The van der Waals surface area contributed by atoms with Gasteiger partial charge in [-0.2, -0.15) is 9.90 Å².